The third kappa shape index (κ3) is 2.45. The van der Waals surface area contributed by atoms with E-state index in [-0.39, 0.29) is 5.41 Å². The molecule has 0 aliphatic carbocycles. The Morgan fingerprint density at radius 3 is 2.63 bits per heavy atom. The number of ether oxygens (including phenoxy) is 1. The van der Waals surface area contributed by atoms with E-state index in [0.29, 0.717) is 11.4 Å². The molecule has 1 N–H and O–H groups in total. The number of H-pyrrole nitrogens is 1. The van der Waals surface area contributed by atoms with Crippen molar-refractivity contribution in [2.24, 2.45) is 0 Å². The van der Waals surface area contributed by atoms with Crippen molar-refractivity contribution in [2.45, 2.75) is 26.2 Å². The second kappa shape index (κ2) is 4.77. The van der Waals surface area contributed by atoms with Crippen molar-refractivity contribution < 1.29 is 4.74 Å². The highest BCUT2D eigenvalue weighted by Crippen LogP contribution is 2.34. The molecule has 2 rings (SSSR count). The topological polar surface area (TPSA) is 61.7 Å². The van der Waals surface area contributed by atoms with E-state index in [2.05, 4.69) is 36.8 Å². The fraction of sp³-hybridized carbons (Fsp3) is 0.333. The van der Waals surface area contributed by atoms with Gasteiger partial charge in [0.2, 0.25) is 0 Å². The molecule has 0 aliphatic rings. The smallest absolute Gasteiger partial charge is 0.166 e. The molecule has 0 amide bonds. The van der Waals surface area contributed by atoms with Gasteiger partial charge >= 0.3 is 0 Å². The molecule has 0 saturated carbocycles. The number of benzene rings is 1. The van der Waals surface area contributed by atoms with Crippen molar-refractivity contribution in [1.82, 2.24) is 9.97 Å². The van der Waals surface area contributed by atoms with E-state index in [1.807, 2.05) is 18.2 Å². The Morgan fingerprint density at radius 1 is 1.32 bits per heavy atom. The van der Waals surface area contributed by atoms with Gasteiger partial charge in [0, 0.05) is 5.56 Å². The van der Waals surface area contributed by atoms with Gasteiger partial charge in [-0.05, 0) is 23.1 Å². The predicted molar refractivity (Wildman–Crippen MR) is 74.0 cm³/mol. The molecule has 1 heterocycles. The van der Waals surface area contributed by atoms with Gasteiger partial charge in [0.25, 0.3) is 0 Å². The molecule has 0 aliphatic heterocycles. The van der Waals surface area contributed by atoms with Gasteiger partial charge in [0.1, 0.15) is 11.8 Å². The maximum absolute atomic E-state index is 9.09. The van der Waals surface area contributed by atoms with Gasteiger partial charge in [-0.1, -0.05) is 26.8 Å². The molecule has 1 aromatic heterocycles. The first-order valence-electron chi connectivity index (χ1n) is 6.09. The van der Waals surface area contributed by atoms with Crippen LogP contribution in [0, 0.1) is 11.3 Å². The minimum atomic E-state index is 0.0356. The van der Waals surface area contributed by atoms with Crippen LogP contribution in [-0.4, -0.2) is 17.1 Å². The summed E-state index contributed by atoms with van der Waals surface area (Å²) in [6, 6.07) is 8.11. The van der Waals surface area contributed by atoms with E-state index in [1.165, 1.54) is 11.9 Å². The van der Waals surface area contributed by atoms with Gasteiger partial charge < -0.3 is 9.72 Å². The van der Waals surface area contributed by atoms with Crippen molar-refractivity contribution in [3.63, 3.8) is 0 Å². The van der Waals surface area contributed by atoms with Crippen LogP contribution < -0.4 is 4.74 Å². The van der Waals surface area contributed by atoms with Crippen LogP contribution in [-0.2, 0) is 5.41 Å². The summed E-state index contributed by atoms with van der Waals surface area (Å²) in [4.78, 5) is 7.02. The lowest BCUT2D eigenvalue weighted by Gasteiger charge is -2.20. The van der Waals surface area contributed by atoms with Crippen molar-refractivity contribution in [2.75, 3.05) is 7.11 Å². The fourth-order valence-corrected chi connectivity index (χ4v) is 1.95. The molecular formula is C15H17N3O. The van der Waals surface area contributed by atoms with E-state index >= 15 is 0 Å². The van der Waals surface area contributed by atoms with Gasteiger partial charge in [-0.15, -0.1) is 0 Å². The molecule has 19 heavy (non-hydrogen) atoms. The van der Waals surface area contributed by atoms with Gasteiger partial charge in [0.05, 0.1) is 19.1 Å². The Morgan fingerprint density at radius 2 is 2.05 bits per heavy atom. The number of methoxy groups -OCH3 is 1. The molecule has 1 aromatic carbocycles. The van der Waals surface area contributed by atoms with Gasteiger partial charge in [-0.3, -0.25) is 0 Å². The van der Waals surface area contributed by atoms with E-state index in [0.717, 1.165) is 11.3 Å². The molecule has 0 unspecified atom stereocenters. The van der Waals surface area contributed by atoms with Crippen LogP contribution in [0.5, 0.6) is 5.75 Å². The minimum Gasteiger partial charge on any atom is -0.496 e. The van der Waals surface area contributed by atoms with E-state index in [1.54, 1.807) is 7.11 Å². The molecule has 0 radical (unpaired) electrons. The summed E-state index contributed by atoms with van der Waals surface area (Å²) in [6.07, 6.45) is 1.52. The molecule has 98 valence electrons. The van der Waals surface area contributed by atoms with Gasteiger partial charge in [0.15, 0.2) is 5.69 Å². The Labute approximate surface area is 113 Å². The van der Waals surface area contributed by atoms with Gasteiger partial charge in [-0.25, -0.2) is 4.98 Å². The highest BCUT2D eigenvalue weighted by atomic mass is 16.5. The van der Waals surface area contributed by atoms with Crippen molar-refractivity contribution in [3.8, 4) is 23.1 Å². The fourth-order valence-electron chi connectivity index (χ4n) is 1.95. The number of nitrogens with one attached hydrogen (secondary N) is 1. The minimum absolute atomic E-state index is 0.0356. The number of aromatic nitrogens is 2. The summed E-state index contributed by atoms with van der Waals surface area (Å²) >= 11 is 0. The van der Waals surface area contributed by atoms with Crippen LogP contribution in [0.1, 0.15) is 32.0 Å². The third-order valence-corrected chi connectivity index (χ3v) is 3.08. The summed E-state index contributed by atoms with van der Waals surface area (Å²) < 4.78 is 5.38. The molecule has 0 bridgehead atoms. The number of imidazole rings is 1. The number of nitriles is 1. The van der Waals surface area contributed by atoms with E-state index in [9.17, 15) is 0 Å². The summed E-state index contributed by atoms with van der Waals surface area (Å²) in [6.45, 7) is 6.45. The first-order valence-corrected chi connectivity index (χ1v) is 6.09. The van der Waals surface area contributed by atoms with Crippen LogP contribution >= 0.6 is 0 Å². The lowest BCUT2D eigenvalue weighted by molar-refractivity contribution is 0.415. The highest BCUT2D eigenvalue weighted by Gasteiger charge is 2.19. The predicted octanol–water partition coefficient (Wildman–Crippen LogP) is 3.25. The monoisotopic (exact) mass is 255 g/mol. The average Bonchev–Trinajstić information content (AvgIpc) is 2.85. The maximum Gasteiger partial charge on any atom is 0.166 e. The van der Waals surface area contributed by atoms with Crippen LogP contribution in [0.3, 0.4) is 0 Å². The number of hydrogen-bond acceptors (Lipinski definition) is 3. The molecule has 0 saturated heterocycles. The van der Waals surface area contributed by atoms with E-state index in [4.69, 9.17) is 10.00 Å². The first kappa shape index (κ1) is 13.2. The van der Waals surface area contributed by atoms with Crippen molar-refractivity contribution in [3.05, 3.63) is 35.8 Å². The molecule has 0 fully saturated rings. The van der Waals surface area contributed by atoms with Crippen LogP contribution in [0.2, 0.25) is 0 Å². The normalized spacial score (nSPS) is 11.1. The quantitative estimate of drug-likeness (QED) is 0.896. The maximum atomic E-state index is 9.09. The molecule has 2 aromatic rings. The van der Waals surface area contributed by atoms with Gasteiger partial charge in [-0.2, -0.15) is 5.26 Å². The standard InChI is InChI=1S/C15H17N3O/c1-15(2,3)10-5-6-13(19-4)11(7-10)14-12(8-16)17-9-18-14/h5-7,9H,1-4H3,(H,17,18). The molecule has 0 atom stereocenters. The molecule has 4 heteroatoms. The number of rotatable bonds is 2. The Hall–Kier alpha value is -2.28. The van der Waals surface area contributed by atoms with Crippen LogP contribution in [0.15, 0.2) is 24.5 Å². The zero-order chi connectivity index (χ0) is 14.0. The first-order chi connectivity index (χ1) is 8.97. The number of nitrogens with zero attached hydrogens (tertiary/aromatic N) is 2. The zero-order valence-electron chi connectivity index (χ0n) is 11.6. The Kier molecular flexibility index (Phi) is 3.30. The van der Waals surface area contributed by atoms with Crippen molar-refractivity contribution >= 4 is 0 Å². The second-order valence-corrected chi connectivity index (χ2v) is 5.40. The van der Waals surface area contributed by atoms with Crippen molar-refractivity contribution in [1.29, 1.82) is 5.26 Å². The summed E-state index contributed by atoms with van der Waals surface area (Å²) in [7, 11) is 1.62. The summed E-state index contributed by atoms with van der Waals surface area (Å²) in [5.74, 6) is 0.730. The third-order valence-electron chi connectivity index (χ3n) is 3.08. The van der Waals surface area contributed by atoms with Crippen LogP contribution in [0.25, 0.3) is 11.3 Å². The summed E-state index contributed by atoms with van der Waals surface area (Å²) in [5, 5.41) is 9.09. The second-order valence-electron chi connectivity index (χ2n) is 5.40. The molecule has 0 spiro atoms. The lowest BCUT2D eigenvalue weighted by Crippen LogP contribution is -2.11. The summed E-state index contributed by atoms with van der Waals surface area (Å²) in [5.41, 5.74) is 3.16. The molecular weight excluding hydrogens is 238 g/mol. The zero-order valence-corrected chi connectivity index (χ0v) is 11.6. The Bertz CT molecular complexity index is 630. The lowest BCUT2D eigenvalue weighted by atomic mass is 9.85. The molecule has 4 nitrogen and oxygen atoms in total. The largest absolute Gasteiger partial charge is 0.496 e. The SMILES string of the molecule is COc1ccc(C(C)(C)C)cc1-c1[nH]cnc1C#N. The Balaban J connectivity index is 2.64. The van der Waals surface area contributed by atoms with Crippen LogP contribution in [0.4, 0.5) is 0 Å². The highest BCUT2D eigenvalue weighted by molar-refractivity contribution is 5.72. The number of hydrogen-bond donors (Lipinski definition) is 1. The van der Waals surface area contributed by atoms with E-state index < -0.39 is 0 Å². The number of aromatic amines is 1. The average molecular weight is 255 g/mol.